The van der Waals surface area contributed by atoms with Crippen molar-refractivity contribution in [1.29, 1.82) is 0 Å². The van der Waals surface area contributed by atoms with Gasteiger partial charge in [0, 0.05) is 33.4 Å². The van der Waals surface area contributed by atoms with Crippen LogP contribution in [0.1, 0.15) is 20.3 Å². The highest BCUT2D eigenvalue weighted by atomic mass is 16.5. The first-order valence-corrected chi connectivity index (χ1v) is 6.09. The zero-order valence-electron chi connectivity index (χ0n) is 11.8. The molecule has 0 heterocycles. The third-order valence-electron chi connectivity index (χ3n) is 3.02. The number of nitrogens with two attached hydrogens (primary N) is 1. The van der Waals surface area contributed by atoms with E-state index in [1.165, 1.54) is 6.92 Å². The van der Waals surface area contributed by atoms with E-state index < -0.39 is 11.5 Å². The van der Waals surface area contributed by atoms with E-state index in [0.29, 0.717) is 26.2 Å². The molecule has 0 aliphatic carbocycles. The zero-order valence-corrected chi connectivity index (χ0v) is 11.8. The lowest BCUT2D eigenvalue weighted by Crippen LogP contribution is -2.49. The van der Waals surface area contributed by atoms with Crippen molar-refractivity contribution in [3.05, 3.63) is 0 Å². The maximum Gasteiger partial charge on any atom is 0.323 e. The van der Waals surface area contributed by atoms with Crippen LogP contribution in [0, 0.1) is 0 Å². The number of methoxy groups -OCH3 is 2. The maximum absolute atomic E-state index is 11.0. The van der Waals surface area contributed by atoms with E-state index in [9.17, 15) is 4.79 Å². The van der Waals surface area contributed by atoms with Crippen LogP contribution in [-0.4, -0.2) is 68.1 Å². The molecule has 6 nitrogen and oxygen atoms in total. The third-order valence-corrected chi connectivity index (χ3v) is 3.02. The Kier molecular flexibility index (Phi) is 8.10. The van der Waals surface area contributed by atoms with Gasteiger partial charge in [-0.15, -0.1) is 0 Å². The van der Waals surface area contributed by atoms with Gasteiger partial charge >= 0.3 is 5.97 Å². The van der Waals surface area contributed by atoms with Crippen LogP contribution in [0.3, 0.4) is 0 Å². The lowest BCUT2D eigenvalue weighted by molar-refractivity contribution is -0.143. The molecule has 0 rings (SSSR count). The van der Waals surface area contributed by atoms with Gasteiger partial charge in [-0.3, -0.25) is 9.69 Å². The van der Waals surface area contributed by atoms with Crippen LogP contribution in [0.5, 0.6) is 0 Å². The van der Waals surface area contributed by atoms with Crippen LogP contribution in [0.2, 0.25) is 0 Å². The fourth-order valence-corrected chi connectivity index (χ4v) is 1.59. The summed E-state index contributed by atoms with van der Waals surface area (Å²) in [6.07, 6.45) is 0.389. The van der Waals surface area contributed by atoms with Gasteiger partial charge in [0.05, 0.1) is 13.2 Å². The smallest absolute Gasteiger partial charge is 0.323 e. The summed E-state index contributed by atoms with van der Waals surface area (Å²) in [6.45, 7) is 6.10. The summed E-state index contributed by atoms with van der Waals surface area (Å²) >= 11 is 0. The van der Waals surface area contributed by atoms with Crippen LogP contribution >= 0.6 is 0 Å². The SMILES string of the molecule is COCCN(CCC(C)(N)C(=O)O)C(C)COC. The van der Waals surface area contributed by atoms with Crippen molar-refractivity contribution in [2.45, 2.75) is 31.8 Å². The number of ether oxygens (including phenoxy) is 2. The minimum Gasteiger partial charge on any atom is -0.480 e. The summed E-state index contributed by atoms with van der Waals surface area (Å²) in [5.41, 5.74) is 4.53. The molecule has 0 spiro atoms. The minimum atomic E-state index is -1.20. The molecule has 0 saturated carbocycles. The predicted molar refractivity (Wildman–Crippen MR) is 69.6 cm³/mol. The third kappa shape index (κ3) is 6.30. The fraction of sp³-hybridized carbons (Fsp3) is 0.917. The largest absolute Gasteiger partial charge is 0.480 e. The monoisotopic (exact) mass is 262 g/mol. The Morgan fingerprint density at radius 3 is 2.44 bits per heavy atom. The first kappa shape index (κ1) is 17.3. The van der Waals surface area contributed by atoms with Gasteiger partial charge in [-0.05, 0) is 20.3 Å². The quantitative estimate of drug-likeness (QED) is 0.583. The van der Waals surface area contributed by atoms with Crippen LogP contribution in [0.4, 0.5) is 0 Å². The lowest BCUT2D eigenvalue weighted by atomic mass is 9.99. The van der Waals surface area contributed by atoms with Crippen molar-refractivity contribution in [3.8, 4) is 0 Å². The molecule has 0 aromatic rings. The predicted octanol–water partition coefficient (Wildman–Crippen LogP) is 0.162. The Labute approximate surface area is 109 Å². The number of carbonyl (C=O) groups is 1. The van der Waals surface area contributed by atoms with Crippen LogP contribution in [-0.2, 0) is 14.3 Å². The van der Waals surface area contributed by atoms with Gasteiger partial charge in [0.1, 0.15) is 5.54 Å². The van der Waals surface area contributed by atoms with Gasteiger partial charge in [-0.2, -0.15) is 0 Å². The minimum absolute atomic E-state index is 0.203. The normalized spacial score (nSPS) is 16.6. The summed E-state index contributed by atoms with van der Waals surface area (Å²) in [6, 6.07) is 0.203. The topological polar surface area (TPSA) is 85.0 Å². The Bertz CT molecular complexity index is 246. The summed E-state index contributed by atoms with van der Waals surface area (Å²) in [7, 11) is 3.29. The molecule has 0 radical (unpaired) electrons. The Balaban J connectivity index is 4.35. The van der Waals surface area contributed by atoms with E-state index in [0.717, 1.165) is 6.54 Å². The van der Waals surface area contributed by atoms with Crippen molar-refractivity contribution < 1.29 is 19.4 Å². The van der Waals surface area contributed by atoms with Crippen molar-refractivity contribution in [3.63, 3.8) is 0 Å². The molecule has 108 valence electrons. The van der Waals surface area contributed by atoms with Crippen molar-refractivity contribution in [2.24, 2.45) is 5.73 Å². The molecule has 0 aromatic carbocycles. The number of hydrogen-bond donors (Lipinski definition) is 2. The number of carboxylic acids is 1. The van der Waals surface area contributed by atoms with Gasteiger partial charge in [-0.25, -0.2) is 0 Å². The van der Waals surface area contributed by atoms with Crippen LogP contribution in [0.25, 0.3) is 0 Å². The summed E-state index contributed by atoms with van der Waals surface area (Å²) in [5.74, 6) is -0.978. The number of nitrogens with zero attached hydrogens (tertiary/aromatic N) is 1. The second kappa shape index (κ2) is 8.42. The molecule has 0 fully saturated rings. The molecule has 2 atom stereocenters. The maximum atomic E-state index is 11.0. The molecule has 0 amide bonds. The first-order valence-electron chi connectivity index (χ1n) is 6.09. The number of hydrogen-bond acceptors (Lipinski definition) is 5. The standard InChI is InChI=1S/C12H26N2O4/c1-10(9-18-4)14(7-8-17-3)6-5-12(2,13)11(15)16/h10H,5-9,13H2,1-4H3,(H,15,16). The first-order chi connectivity index (χ1) is 8.35. The average molecular weight is 262 g/mol. The molecule has 3 N–H and O–H groups in total. The second-order valence-electron chi connectivity index (χ2n) is 4.81. The van der Waals surface area contributed by atoms with Crippen LogP contribution < -0.4 is 5.73 Å². The molecule has 0 aliphatic rings. The van der Waals surface area contributed by atoms with Gasteiger partial charge in [0.25, 0.3) is 0 Å². The Morgan fingerprint density at radius 1 is 1.39 bits per heavy atom. The van der Waals surface area contributed by atoms with E-state index in [2.05, 4.69) is 4.90 Å². The van der Waals surface area contributed by atoms with E-state index in [-0.39, 0.29) is 6.04 Å². The average Bonchev–Trinajstić information content (AvgIpc) is 2.29. The lowest BCUT2D eigenvalue weighted by Gasteiger charge is -2.31. The molecule has 18 heavy (non-hydrogen) atoms. The molecular weight excluding hydrogens is 236 g/mol. The molecule has 0 aromatic heterocycles. The molecule has 0 aliphatic heterocycles. The number of rotatable bonds is 10. The van der Waals surface area contributed by atoms with Crippen molar-refractivity contribution in [2.75, 3.05) is 40.5 Å². The molecule has 0 bridgehead atoms. The highest BCUT2D eigenvalue weighted by Gasteiger charge is 2.28. The van der Waals surface area contributed by atoms with Gasteiger partial charge < -0.3 is 20.3 Å². The van der Waals surface area contributed by atoms with Crippen molar-refractivity contribution in [1.82, 2.24) is 4.90 Å². The molecule has 2 unspecified atom stereocenters. The molecule has 6 heteroatoms. The van der Waals surface area contributed by atoms with Gasteiger partial charge in [0.2, 0.25) is 0 Å². The van der Waals surface area contributed by atoms with E-state index in [1.54, 1.807) is 14.2 Å². The highest BCUT2D eigenvalue weighted by Crippen LogP contribution is 2.09. The highest BCUT2D eigenvalue weighted by molar-refractivity contribution is 5.77. The van der Waals surface area contributed by atoms with Crippen LogP contribution in [0.15, 0.2) is 0 Å². The van der Waals surface area contributed by atoms with E-state index >= 15 is 0 Å². The zero-order chi connectivity index (χ0) is 14.2. The van der Waals surface area contributed by atoms with Gasteiger partial charge in [-0.1, -0.05) is 0 Å². The second-order valence-corrected chi connectivity index (χ2v) is 4.81. The van der Waals surface area contributed by atoms with E-state index in [1.807, 2.05) is 6.92 Å². The number of carboxylic acid groups (broad SMARTS) is 1. The summed E-state index contributed by atoms with van der Waals surface area (Å²) in [5, 5.41) is 8.98. The van der Waals surface area contributed by atoms with Gasteiger partial charge in [0.15, 0.2) is 0 Å². The molecular formula is C12H26N2O4. The summed E-state index contributed by atoms with van der Waals surface area (Å²) in [4.78, 5) is 13.1. The Morgan fingerprint density at radius 2 is 2.00 bits per heavy atom. The van der Waals surface area contributed by atoms with Crippen molar-refractivity contribution >= 4 is 5.97 Å². The molecule has 0 saturated heterocycles. The van der Waals surface area contributed by atoms with E-state index in [4.69, 9.17) is 20.3 Å². The fourth-order valence-electron chi connectivity index (χ4n) is 1.59. The number of aliphatic carboxylic acids is 1. The summed E-state index contributed by atoms with van der Waals surface area (Å²) < 4.78 is 10.2. The Hall–Kier alpha value is -0.690.